The summed E-state index contributed by atoms with van der Waals surface area (Å²) >= 11 is 12.1. The lowest BCUT2D eigenvalue weighted by Crippen LogP contribution is -2.51. The predicted molar refractivity (Wildman–Crippen MR) is 129 cm³/mol. The van der Waals surface area contributed by atoms with Gasteiger partial charge in [-0.05, 0) is 37.1 Å². The van der Waals surface area contributed by atoms with E-state index in [2.05, 4.69) is 5.32 Å². The highest BCUT2D eigenvalue weighted by Crippen LogP contribution is 2.27. The zero-order chi connectivity index (χ0) is 24.1. The zero-order valence-corrected chi connectivity index (χ0v) is 20.8. The van der Waals surface area contributed by atoms with Crippen LogP contribution >= 0.6 is 23.2 Å². The van der Waals surface area contributed by atoms with Crippen molar-refractivity contribution in [1.82, 2.24) is 10.2 Å². The van der Waals surface area contributed by atoms with Gasteiger partial charge in [0.15, 0.2) is 0 Å². The van der Waals surface area contributed by atoms with E-state index in [-0.39, 0.29) is 28.2 Å². The maximum atomic E-state index is 13.4. The number of nitrogens with one attached hydrogen (secondary N) is 1. The van der Waals surface area contributed by atoms with Crippen molar-refractivity contribution in [2.75, 3.05) is 24.2 Å². The Morgan fingerprint density at radius 3 is 2.22 bits per heavy atom. The van der Waals surface area contributed by atoms with Crippen LogP contribution < -0.4 is 9.62 Å². The SMILES string of the molecule is CC[C@H](C(=O)NC)N(Cc1cccc(C)c1)C(=O)CN(c1cc(Cl)cc(Cl)c1)S(C)(=O)=O. The van der Waals surface area contributed by atoms with E-state index in [1.54, 1.807) is 6.92 Å². The molecule has 1 atom stereocenters. The molecule has 0 bridgehead atoms. The number of anilines is 1. The van der Waals surface area contributed by atoms with Crippen molar-refractivity contribution in [3.8, 4) is 0 Å². The van der Waals surface area contributed by atoms with Gasteiger partial charge in [0.25, 0.3) is 0 Å². The number of amides is 2. The topological polar surface area (TPSA) is 86.8 Å². The first-order valence-corrected chi connectivity index (χ1v) is 12.6. The number of carbonyl (C=O) groups excluding carboxylic acids is 2. The highest BCUT2D eigenvalue weighted by molar-refractivity contribution is 7.92. The van der Waals surface area contributed by atoms with Crippen molar-refractivity contribution in [3.05, 3.63) is 63.6 Å². The van der Waals surface area contributed by atoms with Crippen LogP contribution in [0.1, 0.15) is 24.5 Å². The molecule has 2 rings (SSSR count). The standard InChI is InChI=1S/C22H27Cl2N3O4S/c1-5-20(22(29)25-3)26(13-16-8-6-7-15(2)9-16)21(28)14-27(32(4,30)31)19-11-17(23)10-18(24)12-19/h6-12,20H,5,13-14H2,1-4H3,(H,25,29)/t20-/m1/s1. The van der Waals surface area contributed by atoms with Gasteiger partial charge in [-0.15, -0.1) is 0 Å². The number of carbonyl (C=O) groups is 2. The van der Waals surface area contributed by atoms with Crippen LogP contribution in [0.25, 0.3) is 0 Å². The minimum absolute atomic E-state index is 0.153. The molecule has 2 aromatic carbocycles. The van der Waals surface area contributed by atoms with Crippen LogP contribution in [0.15, 0.2) is 42.5 Å². The second-order valence-electron chi connectivity index (χ2n) is 7.45. The predicted octanol–water partition coefficient (Wildman–Crippen LogP) is 3.62. The Morgan fingerprint density at radius 2 is 1.72 bits per heavy atom. The fourth-order valence-electron chi connectivity index (χ4n) is 3.39. The van der Waals surface area contributed by atoms with Crippen molar-refractivity contribution >= 4 is 50.7 Å². The molecule has 0 heterocycles. The Labute approximate surface area is 199 Å². The average Bonchev–Trinajstić information content (AvgIpc) is 2.69. The van der Waals surface area contributed by atoms with Crippen molar-refractivity contribution in [2.24, 2.45) is 0 Å². The van der Waals surface area contributed by atoms with Gasteiger partial charge in [-0.3, -0.25) is 13.9 Å². The van der Waals surface area contributed by atoms with E-state index < -0.39 is 28.5 Å². The van der Waals surface area contributed by atoms with Gasteiger partial charge in [0.05, 0.1) is 11.9 Å². The van der Waals surface area contributed by atoms with Crippen LogP contribution in [0, 0.1) is 6.92 Å². The zero-order valence-electron chi connectivity index (χ0n) is 18.4. The molecule has 0 unspecified atom stereocenters. The minimum atomic E-state index is -3.85. The average molecular weight is 500 g/mol. The Bertz CT molecular complexity index is 1070. The number of nitrogens with zero attached hydrogens (tertiary/aromatic N) is 2. The lowest BCUT2D eigenvalue weighted by molar-refractivity contribution is -0.140. The van der Waals surface area contributed by atoms with Crippen molar-refractivity contribution in [3.63, 3.8) is 0 Å². The maximum Gasteiger partial charge on any atom is 0.244 e. The van der Waals surface area contributed by atoms with E-state index in [0.29, 0.717) is 6.42 Å². The normalized spacial score (nSPS) is 12.2. The first kappa shape index (κ1) is 26.0. The number of sulfonamides is 1. The molecule has 0 spiro atoms. The molecular weight excluding hydrogens is 473 g/mol. The Morgan fingerprint density at radius 1 is 1.09 bits per heavy atom. The summed E-state index contributed by atoms with van der Waals surface area (Å²) in [5.74, 6) is -0.853. The van der Waals surface area contributed by atoms with E-state index >= 15 is 0 Å². The second-order valence-corrected chi connectivity index (χ2v) is 10.2. The van der Waals surface area contributed by atoms with Crippen LogP contribution in [0.3, 0.4) is 0 Å². The smallest absolute Gasteiger partial charge is 0.244 e. The van der Waals surface area contributed by atoms with Gasteiger partial charge in [0.2, 0.25) is 21.8 Å². The summed E-state index contributed by atoms with van der Waals surface area (Å²) in [6.45, 7) is 3.37. The summed E-state index contributed by atoms with van der Waals surface area (Å²) in [6, 6.07) is 11.1. The fraction of sp³-hybridized carbons (Fsp3) is 0.364. The van der Waals surface area contributed by atoms with Crippen LogP contribution in [0.4, 0.5) is 5.69 Å². The van der Waals surface area contributed by atoms with Gasteiger partial charge in [0, 0.05) is 23.6 Å². The van der Waals surface area contributed by atoms with Gasteiger partial charge in [-0.2, -0.15) is 0 Å². The summed E-state index contributed by atoms with van der Waals surface area (Å²) in [5.41, 5.74) is 2.01. The fourth-order valence-corrected chi connectivity index (χ4v) is 4.74. The molecule has 0 fully saturated rings. The summed E-state index contributed by atoms with van der Waals surface area (Å²) in [4.78, 5) is 27.3. The third-order valence-electron chi connectivity index (χ3n) is 4.88. The molecular formula is C22H27Cl2N3O4S. The molecule has 32 heavy (non-hydrogen) atoms. The molecule has 0 aliphatic carbocycles. The number of hydrogen-bond acceptors (Lipinski definition) is 4. The molecule has 7 nitrogen and oxygen atoms in total. The molecule has 0 saturated heterocycles. The molecule has 1 N–H and O–H groups in total. The van der Waals surface area contributed by atoms with E-state index in [1.807, 2.05) is 31.2 Å². The molecule has 0 radical (unpaired) electrons. The largest absolute Gasteiger partial charge is 0.357 e. The summed E-state index contributed by atoms with van der Waals surface area (Å²) < 4.78 is 26.0. The van der Waals surface area contributed by atoms with E-state index in [0.717, 1.165) is 21.7 Å². The number of rotatable bonds is 9. The summed E-state index contributed by atoms with van der Waals surface area (Å²) in [5, 5.41) is 3.06. The van der Waals surface area contributed by atoms with Crippen molar-refractivity contribution in [2.45, 2.75) is 32.9 Å². The van der Waals surface area contributed by atoms with E-state index in [9.17, 15) is 18.0 Å². The van der Waals surface area contributed by atoms with Crippen molar-refractivity contribution in [1.29, 1.82) is 0 Å². The van der Waals surface area contributed by atoms with Crippen LogP contribution in [-0.4, -0.2) is 51.0 Å². The Balaban J connectivity index is 2.46. The van der Waals surface area contributed by atoms with Gasteiger partial charge >= 0.3 is 0 Å². The summed E-state index contributed by atoms with van der Waals surface area (Å²) in [7, 11) is -2.35. The number of likely N-dealkylation sites (N-methyl/N-ethyl adjacent to an activating group) is 1. The van der Waals surface area contributed by atoms with Crippen LogP contribution in [0.2, 0.25) is 10.0 Å². The van der Waals surface area contributed by atoms with Gasteiger partial charge in [-0.25, -0.2) is 8.42 Å². The number of benzene rings is 2. The lowest BCUT2D eigenvalue weighted by atomic mass is 10.1. The van der Waals surface area contributed by atoms with Gasteiger partial charge < -0.3 is 10.2 Å². The molecule has 2 amide bonds. The molecule has 10 heteroatoms. The first-order valence-electron chi connectivity index (χ1n) is 9.96. The molecule has 174 valence electrons. The van der Waals surface area contributed by atoms with Crippen molar-refractivity contribution < 1.29 is 18.0 Å². The van der Waals surface area contributed by atoms with Gasteiger partial charge in [-0.1, -0.05) is 60.0 Å². The van der Waals surface area contributed by atoms with Gasteiger partial charge in [0.1, 0.15) is 12.6 Å². The summed E-state index contributed by atoms with van der Waals surface area (Å²) in [6.07, 6.45) is 1.36. The minimum Gasteiger partial charge on any atom is -0.357 e. The third-order valence-corrected chi connectivity index (χ3v) is 6.46. The van der Waals surface area contributed by atoms with E-state index in [4.69, 9.17) is 23.2 Å². The first-order chi connectivity index (χ1) is 15.0. The molecule has 0 saturated carbocycles. The monoisotopic (exact) mass is 499 g/mol. The molecule has 0 aliphatic heterocycles. The molecule has 2 aromatic rings. The van der Waals surface area contributed by atoms with Crippen LogP contribution in [-0.2, 0) is 26.2 Å². The second kappa shape index (κ2) is 11.0. The number of halogens is 2. The Kier molecular flexibility index (Phi) is 8.95. The third kappa shape index (κ3) is 6.85. The lowest BCUT2D eigenvalue weighted by Gasteiger charge is -2.32. The highest BCUT2D eigenvalue weighted by Gasteiger charge is 2.31. The number of hydrogen-bond donors (Lipinski definition) is 1. The quantitative estimate of drug-likeness (QED) is 0.570. The molecule has 0 aliphatic rings. The Hall–Kier alpha value is -2.29. The molecule has 0 aromatic heterocycles. The van der Waals surface area contributed by atoms with Crippen LogP contribution in [0.5, 0.6) is 0 Å². The number of aryl methyl sites for hydroxylation is 1. The maximum absolute atomic E-state index is 13.4. The van der Waals surface area contributed by atoms with E-state index in [1.165, 1.54) is 30.1 Å². The highest BCUT2D eigenvalue weighted by atomic mass is 35.5.